The SMILES string of the molecule is Cc1ccc(C(C)NCC(C#N)C(F)(F)F)s1. The van der Waals surface area contributed by atoms with Gasteiger partial charge in [0.25, 0.3) is 0 Å². The summed E-state index contributed by atoms with van der Waals surface area (Å²) in [7, 11) is 0. The lowest BCUT2D eigenvalue weighted by atomic mass is 10.1. The first-order valence-corrected chi connectivity index (χ1v) is 5.92. The topological polar surface area (TPSA) is 35.8 Å². The number of nitriles is 1. The maximum Gasteiger partial charge on any atom is 0.405 e. The Balaban J connectivity index is 2.54. The van der Waals surface area contributed by atoms with Gasteiger partial charge in [-0.25, -0.2) is 0 Å². The van der Waals surface area contributed by atoms with E-state index in [9.17, 15) is 13.2 Å². The molecule has 1 rings (SSSR count). The molecule has 1 N–H and O–H groups in total. The first-order chi connectivity index (χ1) is 7.84. The Hall–Kier alpha value is -1.06. The van der Waals surface area contributed by atoms with Gasteiger partial charge < -0.3 is 5.32 Å². The fraction of sp³-hybridized carbons (Fsp3) is 0.545. The van der Waals surface area contributed by atoms with Crippen LogP contribution in [0.1, 0.15) is 22.7 Å². The van der Waals surface area contributed by atoms with Crippen LogP contribution in [0.2, 0.25) is 0 Å². The largest absolute Gasteiger partial charge is 0.405 e. The van der Waals surface area contributed by atoms with Crippen molar-refractivity contribution in [1.82, 2.24) is 5.32 Å². The minimum absolute atomic E-state index is 0.174. The summed E-state index contributed by atoms with van der Waals surface area (Å²) < 4.78 is 37.0. The van der Waals surface area contributed by atoms with Crippen molar-refractivity contribution in [3.05, 3.63) is 21.9 Å². The van der Waals surface area contributed by atoms with Gasteiger partial charge in [0.1, 0.15) is 0 Å². The molecule has 0 spiro atoms. The average Bonchev–Trinajstić information content (AvgIpc) is 2.63. The first-order valence-electron chi connectivity index (χ1n) is 5.10. The number of nitrogens with one attached hydrogen (secondary N) is 1. The molecule has 2 nitrogen and oxygen atoms in total. The maximum absolute atomic E-state index is 12.3. The highest BCUT2D eigenvalue weighted by Crippen LogP contribution is 2.27. The zero-order valence-electron chi connectivity index (χ0n) is 9.51. The lowest BCUT2D eigenvalue weighted by Crippen LogP contribution is -2.33. The van der Waals surface area contributed by atoms with Crippen LogP contribution in [0.4, 0.5) is 13.2 Å². The van der Waals surface area contributed by atoms with Crippen LogP contribution in [-0.2, 0) is 0 Å². The molecule has 2 unspecified atom stereocenters. The smallest absolute Gasteiger partial charge is 0.308 e. The van der Waals surface area contributed by atoms with Crippen molar-refractivity contribution in [3.63, 3.8) is 0 Å². The van der Waals surface area contributed by atoms with Gasteiger partial charge in [-0.05, 0) is 26.0 Å². The quantitative estimate of drug-likeness (QED) is 0.902. The normalized spacial score (nSPS) is 15.3. The monoisotopic (exact) mass is 262 g/mol. The second-order valence-electron chi connectivity index (χ2n) is 3.80. The molecule has 0 aliphatic heterocycles. The summed E-state index contributed by atoms with van der Waals surface area (Å²) in [5, 5.41) is 11.2. The fourth-order valence-corrected chi connectivity index (χ4v) is 2.22. The minimum atomic E-state index is -4.47. The van der Waals surface area contributed by atoms with Crippen molar-refractivity contribution >= 4 is 11.3 Å². The summed E-state index contributed by atoms with van der Waals surface area (Å²) in [4.78, 5) is 2.09. The van der Waals surface area contributed by atoms with Crippen LogP contribution in [0.25, 0.3) is 0 Å². The van der Waals surface area contributed by atoms with Gasteiger partial charge in [0.2, 0.25) is 0 Å². The highest BCUT2D eigenvalue weighted by Gasteiger charge is 2.39. The molecular weight excluding hydrogens is 249 g/mol. The van der Waals surface area contributed by atoms with E-state index in [1.807, 2.05) is 19.1 Å². The molecule has 1 aromatic heterocycles. The highest BCUT2D eigenvalue weighted by molar-refractivity contribution is 7.12. The lowest BCUT2D eigenvalue weighted by Gasteiger charge is -2.17. The van der Waals surface area contributed by atoms with Gasteiger partial charge in [-0.2, -0.15) is 18.4 Å². The molecule has 6 heteroatoms. The minimum Gasteiger partial charge on any atom is -0.308 e. The molecule has 0 aliphatic carbocycles. The third kappa shape index (κ3) is 4.02. The number of nitrogens with zero attached hydrogens (tertiary/aromatic N) is 1. The number of thiophene rings is 1. The molecule has 2 atom stereocenters. The second-order valence-corrected chi connectivity index (χ2v) is 5.12. The van der Waals surface area contributed by atoms with Crippen LogP contribution in [0.15, 0.2) is 12.1 Å². The summed E-state index contributed by atoms with van der Waals surface area (Å²) in [5.74, 6) is -1.95. The van der Waals surface area contributed by atoms with Crippen molar-refractivity contribution in [3.8, 4) is 6.07 Å². The Morgan fingerprint density at radius 1 is 1.47 bits per heavy atom. The van der Waals surface area contributed by atoms with Crippen molar-refractivity contribution < 1.29 is 13.2 Å². The summed E-state index contributed by atoms with van der Waals surface area (Å²) in [6, 6.07) is 4.90. The number of rotatable bonds is 4. The van der Waals surface area contributed by atoms with Crippen LogP contribution in [-0.4, -0.2) is 12.7 Å². The highest BCUT2D eigenvalue weighted by atomic mass is 32.1. The van der Waals surface area contributed by atoms with E-state index in [0.29, 0.717) is 0 Å². The van der Waals surface area contributed by atoms with Crippen molar-refractivity contribution in [2.24, 2.45) is 5.92 Å². The van der Waals surface area contributed by atoms with E-state index in [4.69, 9.17) is 5.26 Å². The van der Waals surface area contributed by atoms with Gasteiger partial charge in [0.15, 0.2) is 5.92 Å². The summed E-state index contributed by atoms with van der Waals surface area (Å²) in [6.45, 7) is 3.35. The molecule has 0 bridgehead atoms. The van der Waals surface area contributed by atoms with Crippen molar-refractivity contribution in [2.45, 2.75) is 26.1 Å². The number of hydrogen-bond donors (Lipinski definition) is 1. The molecule has 0 radical (unpaired) electrons. The van der Waals surface area contributed by atoms with E-state index in [0.717, 1.165) is 9.75 Å². The zero-order valence-corrected chi connectivity index (χ0v) is 10.3. The van der Waals surface area contributed by atoms with Crippen LogP contribution < -0.4 is 5.32 Å². The molecule has 94 valence electrons. The van der Waals surface area contributed by atoms with Gasteiger partial charge in [0.05, 0.1) is 6.07 Å². The number of halogens is 3. The van der Waals surface area contributed by atoms with Crippen LogP contribution in [0.3, 0.4) is 0 Å². The first kappa shape index (κ1) is 14.0. The van der Waals surface area contributed by atoms with Gasteiger partial charge in [-0.3, -0.25) is 0 Å². The third-order valence-electron chi connectivity index (χ3n) is 2.37. The van der Waals surface area contributed by atoms with Crippen molar-refractivity contribution in [2.75, 3.05) is 6.54 Å². The molecular formula is C11H13F3N2S. The predicted octanol–water partition coefficient (Wildman–Crippen LogP) is 3.41. The van der Waals surface area contributed by atoms with Crippen molar-refractivity contribution in [1.29, 1.82) is 5.26 Å². The Morgan fingerprint density at radius 3 is 2.53 bits per heavy atom. The molecule has 0 fully saturated rings. The molecule has 1 aromatic rings. The third-order valence-corrected chi connectivity index (χ3v) is 3.55. The van der Waals surface area contributed by atoms with Crippen LogP contribution >= 0.6 is 11.3 Å². The van der Waals surface area contributed by atoms with E-state index >= 15 is 0 Å². The number of aryl methyl sites for hydroxylation is 1. The Kier molecular flexibility index (Phi) is 4.54. The maximum atomic E-state index is 12.3. The van der Waals surface area contributed by atoms with E-state index < -0.39 is 12.1 Å². The summed E-state index contributed by atoms with van der Waals surface area (Å²) >= 11 is 1.54. The molecule has 0 aliphatic rings. The zero-order chi connectivity index (χ0) is 13.1. The Morgan fingerprint density at radius 2 is 2.12 bits per heavy atom. The van der Waals surface area contributed by atoms with Crippen LogP contribution in [0.5, 0.6) is 0 Å². The number of hydrogen-bond acceptors (Lipinski definition) is 3. The molecule has 17 heavy (non-hydrogen) atoms. The average molecular weight is 262 g/mol. The molecule has 0 aromatic carbocycles. The van der Waals surface area contributed by atoms with Gasteiger partial charge >= 0.3 is 6.18 Å². The molecule has 1 heterocycles. The summed E-state index contributed by atoms with van der Waals surface area (Å²) in [6.07, 6.45) is -4.47. The summed E-state index contributed by atoms with van der Waals surface area (Å²) in [5.41, 5.74) is 0. The standard InChI is InChI=1S/C11H13F3N2S/c1-7-3-4-10(17-7)8(2)16-6-9(5-15)11(12,13)14/h3-4,8-9,16H,6H2,1-2H3. The van der Waals surface area contributed by atoms with Gasteiger partial charge in [0, 0.05) is 22.3 Å². The van der Waals surface area contributed by atoms with Gasteiger partial charge in [-0.1, -0.05) is 0 Å². The molecule has 0 saturated heterocycles. The second kappa shape index (κ2) is 5.52. The predicted molar refractivity (Wildman–Crippen MR) is 60.6 cm³/mol. The van der Waals surface area contributed by atoms with E-state index in [-0.39, 0.29) is 12.6 Å². The fourth-order valence-electron chi connectivity index (χ4n) is 1.32. The molecule has 0 saturated carbocycles. The van der Waals surface area contributed by atoms with E-state index in [1.54, 1.807) is 6.92 Å². The number of alkyl halides is 3. The van der Waals surface area contributed by atoms with E-state index in [1.165, 1.54) is 17.4 Å². The van der Waals surface area contributed by atoms with Crippen LogP contribution in [0, 0.1) is 24.2 Å². The Labute approximate surface area is 102 Å². The molecule has 0 amide bonds. The Bertz CT molecular complexity index is 406. The van der Waals surface area contributed by atoms with Gasteiger partial charge in [-0.15, -0.1) is 11.3 Å². The lowest BCUT2D eigenvalue weighted by molar-refractivity contribution is -0.157. The van der Waals surface area contributed by atoms with E-state index in [2.05, 4.69) is 5.32 Å².